The molecule has 1 N–H and O–H groups in total. The first-order valence-electron chi connectivity index (χ1n) is 10.1. The maximum absolute atomic E-state index is 12.8. The fourth-order valence-corrected chi connectivity index (χ4v) is 4.85. The van der Waals surface area contributed by atoms with Crippen LogP contribution in [-0.2, 0) is 17.6 Å². The van der Waals surface area contributed by atoms with Gasteiger partial charge in [-0.25, -0.2) is 9.47 Å². The van der Waals surface area contributed by atoms with Crippen LogP contribution in [0, 0.1) is 6.92 Å². The summed E-state index contributed by atoms with van der Waals surface area (Å²) in [4.78, 5) is 31.8. The molecule has 0 atom stereocenters. The van der Waals surface area contributed by atoms with Gasteiger partial charge < -0.3 is 15.2 Å². The second kappa shape index (κ2) is 8.59. The molecule has 2 aromatic rings. The van der Waals surface area contributed by atoms with Gasteiger partial charge in [0.15, 0.2) is 0 Å². The van der Waals surface area contributed by atoms with Gasteiger partial charge >= 0.3 is 5.69 Å². The summed E-state index contributed by atoms with van der Waals surface area (Å²) < 4.78 is 1.80. The number of nitrogens with zero attached hydrogens (tertiary/aromatic N) is 4. The quantitative estimate of drug-likeness (QED) is 0.594. The molecule has 1 amide bonds. The lowest BCUT2D eigenvalue weighted by Crippen LogP contribution is -2.54. The molecule has 2 aliphatic rings. The van der Waals surface area contributed by atoms with E-state index in [4.69, 9.17) is 0 Å². The van der Waals surface area contributed by atoms with E-state index < -0.39 is 0 Å². The second-order valence-corrected chi connectivity index (χ2v) is 8.72. The monoisotopic (exact) mass is 413 g/mol. The molecule has 1 aromatic heterocycles. The Morgan fingerprint density at radius 2 is 2.00 bits per heavy atom. The molecule has 1 saturated heterocycles. The summed E-state index contributed by atoms with van der Waals surface area (Å²) >= 11 is 1.36. The maximum atomic E-state index is 12.8. The van der Waals surface area contributed by atoms with E-state index in [9.17, 15) is 9.59 Å². The number of hydrogen-bond acceptors (Lipinski definition) is 6. The standard InChI is InChI=1S/C21H27N5O2S/c1-15-5-3-6-16(13-15)22-19(27)14-29-20-17-7-4-8-18(17)26(21(28)23-20)25-11-9-24(2)10-12-25/h3,5-6,13H,4,7-12,14H2,1-2H3,(H,22,27). The van der Waals surface area contributed by atoms with Crippen LogP contribution in [-0.4, -0.2) is 59.4 Å². The molecule has 0 radical (unpaired) electrons. The van der Waals surface area contributed by atoms with Crippen LogP contribution in [0.25, 0.3) is 0 Å². The number of anilines is 1. The lowest BCUT2D eigenvalue weighted by molar-refractivity contribution is -0.113. The minimum Gasteiger partial charge on any atom is -0.325 e. The molecule has 29 heavy (non-hydrogen) atoms. The van der Waals surface area contributed by atoms with Crippen molar-refractivity contribution in [1.82, 2.24) is 14.6 Å². The summed E-state index contributed by atoms with van der Waals surface area (Å²) in [6.45, 7) is 5.53. The van der Waals surface area contributed by atoms with Crippen molar-refractivity contribution in [2.75, 3.05) is 49.3 Å². The molecule has 4 rings (SSSR count). The predicted molar refractivity (Wildman–Crippen MR) is 117 cm³/mol. The van der Waals surface area contributed by atoms with Gasteiger partial charge in [0, 0.05) is 37.4 Å². The highest BCUT2D eigenvalue weighted by molar-refractivity contribution is 8.00. The molecular weight excluding hydrogens is 386 g/mol. The molecule has 8 heteroatoms. The van der Waals surface area contributed by atoms with Gasteiger partial charge in [-0.15, -0.1) is 0 Å². The Kier molecular flexibility index (Phi) is 5.91. The highest BCUT2D eigenvalue weighted by Crippen LogP contribution is 2.29. The van der Waals surface area contributed by atoms with Crippen molar-refractivity contribution in [2.24, 2.45) is 0 Å². The number of likely N-dealkylation sites (N-methyl/N-ethyl adjacent to an activating group) is 1. The molecule has 0 unspecified atom stereocenters. The van der Waals surface area contributed by atoms with Crippen LogP contribution in [0.5, 0.6) is 0 Å². The Morgan fingerprint density at radius 1 is 1.21 bits per heavy atom. The van der Waals surface area contributed by atoms with E-state index in [-0.39, 0.29) is 17.3 Å². The van der Waals surface area contributed by atoms with E-state index in [1.807, 2.05) is 31.2 Å². The van der Waals surface area contributed by atoms with Gasteiger partial charge in [-0.05, 0) is 50.9 Å². The maximum Gasteiger partial charge on any atom is 0.367 e. The van der Waals surface area contributed by atoms with Crippen LogP contribution in [0.15, 0.2) is 34.1 Å². The third-order valence-corrected chi connectivity index (χ3v) is 6.50. The van der Waals surface area contributed by atoms with Crippen LogP contribution in [0.4, 0.5) is 5.69 Å². The number of fused-ring (bicyclic) bond motifs is 1. The predicted octanol–water partition coefficient (Wildman–Crippen LogP) is 1.65. The van der Waals surface area contributed by atoms with Crippen molar-refractivity contribution in [3.8, 4) is 0 Å². The fraction of sp³-hybridized carbons (Fsp3) is 0.476. The van der Waals surface area contributed by atoms with Crippen molar-refractivity contribution in [1.29, 1.82) is 0 Å². The minimum atomic E-state index is -0.225. The zero-order valence-electron chi connectivity index (χ0n) is 17.0. The van der Waals surface area contributed by atoms with Gasteiger partial charge in [-0.3, -0.25) is 4.79 Å². The van der Waals surface area contributed by atoms with Gasteiger partial charge in [-0.1, -0.05) is 23.9 Å². The Balaban J connectivity index is 1.49. The lowest BCUT2D eigenvalue weighted by Gasteiger charge is -2.35. The summed E-state index contributed by atoms with van der Waals surface area (Å²) in [5.74, 6) is 0.156. The number of amides is 1. The van der Waals surface area contributed by atoms with E-state index in [1.54, 1.807) is 4.68 Å². The Labute approximate surface area is 175 Å². The third-order valence-electron chi connectivity index (χ3n) is 5.49. The minimum absolute atomic E-state index is 0.0857. The Hall–Kier alpha value is -2.32. The molecule has 1 fully saturated rings. The lowest BCUT2D eigenvalue weighted by atomic mass is 10.2. The number of carbonyl (C=O) groups excluding carboxylic acids is 1. The fourth-order valence-electron chi connectivity index (χ4n) is 3.97. The zero-order chi connectivity index (χ0) is 20.4. The van der Waals surface area contributed by atoms with Crippen molar-refractivity contribution in [3.05, 3.63) is 51.6 Å². The first-order chi connectivity index (χ1) is 14.0. The highest BCUT2D eigenvalue weighted by Gasteiger charge is 2.26. The van der Waals surface area contributed by atoms with E-state index in [2.05, 4.69) is 27.3 Å². The number of benzene rings is 1. The normalized spacial score (nSPS) is 16.7. The van der Waals surface area contributed by atoms with Crippen LogP contribution in [0.3, 0.4) is 0 Å². The Morgan fingerprint density at radius 3 is 2.76 bits per heavy atom. The number of aryl methyl sites for hydroxylation is 1. The first-order valence-corrected chi connectivity index (χ1v) is 11.1. The summed E-state index contributed by atoms with van der Waals surface area (Å²) in [7, 11) is 2.10. The Bertz CT molecular complexity index is 966. The van der Waals surface area contributed by atoms with Crippen LogP contribution < -0.4 is 16.0 Å². The molecule has 2 heterocycles. The van der Waals surface area contributed by atoms with E-state index in [0.29, 0.717) is 5.03 Å². The number of piperazine rings is 1. The number of nitrogens with one attached hydrogen (secondary N) is 1. The summed E-state index contributed by atoms with van der Waals surface area (Å²) in [6.07, 6.45) is 2.83. The molecule has 7 nitrogen and oxygen atoms in total. The van der Waals surface area contributed by atoms with Crippen molar-refractivity contribution in [2.45, 2.75) is 31.2 Å². The van der Waals surface area contributed by atoms with Crippen LogP contribution in [0.1, 0.15) is 23.2 Å². The summed E-state index contributed by atoms with van der Waals surface area (Å²) in [6, 6.07) is 7.73. The number of thioether (sulfide) groups is 1. The molecule has 0 saturated carbocycles. The van der Waals surface area contributed by atoms with Crippen molar-refractivity contribution >= 4 is 23.4 Å². The van der Waals surface area contributed by atoms with E-state index >= 15 is 0 Å². The van der Waals surface area contributed by atoms with Crippen LogP contribution >= 0.6 is 11.8 Å². The third kappa shape index (κ3) is 4.48. The van der Waals surface area contributed by atoms with E-state index in [0.717, 1.165) is 67.9 Å². The van der Waals surface area contributed by atoms with E-state index in [1.165, 1.54) is 11.8 Å². The molecule has 154 valence electrons. The topological polar surface area (TPSA) is 70.5 Å². The number of hydrogen-bond donors (Lipinski definition) is 1. The summed E-state index contributed by atoms with van der Waals surface area (Å²) in [5.41, 5.74) is 3.88. The smallest absolute Gasteiger partial charge is 0.325 e. The SMILES string of the molecule is Cc1cccc(NC(=O)CSc2nc(=O)n(N3CCN(C)CC3)c3c2CCC3)c1. The average molecular weight is 414 g/mol. The number of carbonyl (C=O) groups is 1. The average Bonchev–Trinajstić information content (AvgIpc) is 3.17. The second-order valence-electron chi connectivity index (χ2n) is 7.75. The van der Waals surface area contributed by atoms with Crippen molar-refractivity contribution in [3.63, 3.8) is 0 Å². The van der Waals surface area contributed by atoms with Gasteiger partial charge in [0.1, 0.15) is 5.03 Å². The van der Waals surface area contributed by atoms with Crippen molar-refractivity contribution < 1.29 is 4.79 Å². The molecule has 1 aliphatic heterocycles. The molecule has 1 aromatic carbocycles. The number of rotatable bonds is 5. The molecule has 0 spiro atoms. The molecule has 0 bridgehead atoms. The zero-order valence-corrected chi connectivity index (χ0v) is 17.8. The van der Waals surface area contributed by atoms with Gasteiger partial charge in [0.05, 0.1) is 11.4 Å². The summed E-state index contributed by atoms with van der Waals surface area (Å²) in [5, 5.41) is 5.76. The molecular formula is C21H27N5O2S. The van der Waals surface area contributed by atoms with Gasteiger partial charge in [-0.2, -0.15) is 4.98 Å². The number of aromatic nitrogens is 2. The van der Waals surface area contributed by atoms with Gasteiger partial charge in [0.2, 0.25) is 5.91 Å². The highest BCUT2D eigenvalue weighted by atomic mass is 32.2. The largest absolute Gasteiger partial charge is 0.367 e. The van der Waals surface area contributed by atoms with Crippen LogP contribution in [0.2, 0.25) is 0 Å². The first kappa shape index (κ1) is 20.0. The van der Waals surface area contributed by atoms with Gasteiger partial charge in [0.25, 0.3) is 0 Å². The molecule has 1 aliphatic carbocycles.